The third-order valence-electron chi connectivity index (χ3n) is 5.13. The van der Waals surface area contributed by atoms with Gasteiger partial charge in [0.2, 0.25) is 0 Å². The van der Waals surface area contributed by atoms with Gasteiger partial charge in [-0.05, 0) is 19.1 Å². The van der Waals surface area contributed by atoms with Crippen LogP contribution in [0.15, 0.2) is 18.2 Å². The Bertz CT molecular complexity index is 770. The van der Waals surface area contributed by atoms with E-state index in [1.54, 1.807) is 13.8 Å². The summed E-state index contributed by atoms with van der Waals surface area (Å²) in [4.78, 5) is 24.3. The molecule has 1 aliphatic rings. The Kier molecular flexibility index (Phi) is 5.96. The van der Waals surface area contributed by atoms with E-state index in [-0.39, 0.29) is 24.9 Å². The fourth-order valence-electron chi connectivity index (χ4n) is 3.31. The summed E-state index contributed by atoms with van der Waals surface area (Å²) in [6.07, 6.45) is -0.0619. The molecular formula is C19H24N2O6. The summed E-state index contributed by atoms with van der Waals surface area (Å²) in [6, 6.07) is 6.54. The van der Waals surface area contributed by atoms with Gasteiger partial charge in [-0.25, -0.2) is 4.79 Å². The number of carboxylic acid groups (broad SMARTS) is 1. The van der Waals surface area contributed by atoms with Crippen molar-refractivity contribution in [1.29, 1.82) is 5.26 Å². The van der Waals surface area contributed by atoms with Crippen molar-refractivity contribution in [3.8, 4) is 17.6 Å². The molecule has 8 heteroatoms. The molecule has 2 rings (SSSR count). The molecule has 1 fully saturated rings. The van der Waals surface area contributed by atoms with Crippen molar-refractivity contribution in [2.75, 3.05) is 20.3 Å². The highest BCUT2D eigenvalue weighted by Crippen LogP contribution is 2.51. The monoisotopic (exact) mass is 376 g/mol. The number of benzene rings is 1. The van der Waals surface area contributed by atoms with Gasteiger partial charge in [-0.15, -0.1) is 0 Å². The Morgan fingerprint density at radius 1 is 1.37 bits per heavy atom. The van der Waals surface area contributed by atoms with Crippen molar-refractivity contribution >= 4 is 11.9 Å². The number of aliphatic carboxylic acids is 1. The molecule has 2 N–H and O–H groups in total. The smallest absolute Gasteiger partial charge is 0.330 e. The number of carbonyl (C=O) groups is 2. The number of nitrogens with one attached hydrogen (secondary N) is 1. The lowest BCUT2D eigenvalue weighted by Crippen LogP contribution is -2.76. The first-order valence-electron chi connectivity index (χ1n) is 8.58. The number of ether oxygens (including phenoxy) is 3. The predicted molar refractivity (Wildman–Crippen MR) is 95.5 cm³/mol. The zero-order valence-electron chi connectivity index (χ0n) is 15.9. The third-order valence-corrected chi connectivity index (χ3v) is 5.13. The number of carbonyl (C=O) groups excluding carboxylic acids is 1. The second kappa shape index (κ2) is 7.84. The molecule has 2 atom stereocenters. The summed E-state index contributed by atoms with van der Waals surface area (Å²) in [5.41, 5.74) is -1.79. The zero-order chi connectivity index (χ0) is 20.2. The highest BCUT2D eigenvalue weighted by atomic mass is 16.5. The van der Waals surface area contributed by atoms with Crippen LogP contribution in [-0.2, 0) is 14.3 Å². The maximum absolute atomic E-state index is 12.4. The first kappa shape index (κ1) is 20.5. The second-order valence-electron chi connectivity index (χ2n) is 6.89. The number of rotatable bonds is 8. The van der Waals surface area contributed by atoms with E-state index in [2.05, 4.69) is 5.32 Å². The molecule has 0 saturated heterocycles. The van der Waals surface area contributed by atoms with Crippen LogP contribution in [0.2, 0.25) is 0 Å². The van der Waals surface area contributed by atoms with E-state index in [1.165, 1.54) is 25.3 Å². The molecule has 1 aromatic rings. The first-order chi connectivity index (χ1) is 12.7. The molecule has 27 heavy (non-hydrogen) atoms. The standard InChI is InChI=1S/C19H24N2O6/c1-5-26-15-9-19(17(23)24,18(15,2)3)21-16(22)11-27-13-7-6-12(10-20)8-14(13)25-4/h6-8,15H,5,9,11H2,1-4H3,(H,21,22)(H,23,24). The van der Waals surface area contributed by atoms with Gasteiger partial charge in [0.05, 0.1) is 24.8 Å². The van der Waals surface area contributed by atoms with Crippen molar-refractivity contribution in [2.45, 2.75) is 38.8 Å². The van der Waals surface area contributed by atoms with E-state index < -0.39 is 22.8 Å². The molecule has 0 heterocycles. The lowest BCUT2D eigenvalue weighted by atomic mass is 9.54. The number of nitriles is 1. The summed E-state index contributed by atoms with van der Waals surface area (Å²) in [5.74, 6) is -1.06. The van der Waals surface area contributed by atoms with Crippen LogP contribution in [0.1, 0.15) is 32.8 Å². The quantitative estimate of drug-likeness (QED) is 0.709. The van der Waals surface area contributed by atoms with Crippen molar-refractivity contribution in [1.82, 2.24) is 5.32 Å². The van der Waals surface area contributed by atoms with Crippen molar-refractivity contribution in [3.63, 3.8) is 0 Å². The molecule has 1 amide bonds. The zero-order valence-corrected chi connectivity index (χ0v) is 15.9. The molecule has 2 unspecified atom stereocenters. The Labute approximate surface area is 158 Å². The number of hydrogen-bond acceptors (Lipinski definition) is 6. The van der Waals surface area contributed by atoms with E-state index >= 15 is 0 Å². The lowest BCUT2D eigenvalue weighted by molar-refractivity contribution is -0.194. The van der Waals surface area contributed by atoms with Gasteiger partial charge in [0.15, 0.2) is 18.1 Å². The van der Waals surface area contributed by atoms with Gasteiger partial charge in [0.1, 0.15) is 5.54 Å². The van der Waals surface area contributed by atoms with Gasteiger partial charge in [0, 0.05) is 24.5 Å². The van der Waals surface area contributed by atoms with E-state index in [4.69, 9.17) is 19.5 Å². The molecule has 0 aromatic heterocycles. The molecule has 0 aliphatic heterocycles. The molecule has 1 saturated carbocycles. The Hall–Kier alpha value is -2.79. The van der Waals surface area contributed by atoms with Crippen LogP contribution in [0.4, 0.5) is 0 Å². The van der Waals surface area contributed by atoms with Gasteiger partial charge < -0.3 is 24.6 Å². The average Bonchev–Trinajstić information content (AvgIpc) is 2.64. The maximum Gasteiger partial charge on any atom is 0.330 e. The summed E-state index contributed by atoms with van der Waals surface area (Å²) in [6.45, 7) is 5.45. The Morgan fingerprint density at radius 2 is 2.07 bits per heavy atom. The number of carboxylic acids is 1. The summed E-state index contributed by atoms with van der Waals surface area (Å²) in [5, 5.41) is 21.2. The average molecular weight is 376 g/mol. The van der Waals surface area contributed by atoms with Crippen LogP contribution >= 0.6 is 0 Å². The molecular weight excluding hydrogens is 352 g/mol. The fraction of sp³-hybridized carbons (Fsp3) is 0.526. The first-order valence-corrected chi connectivity index (χ1v) is 8.58. The van der Waals surface area contributed by atoms with Crippen molar-refractivity contribution < 1.29 is 28.9 Å². The third kappa shape index (κ3) is 3.69. The van der Waals surface area contributed by atoms with Crippen LogP contribution < -0.4 is 14.8 Å². The van der Waals surface area contributed by atoms with Crippen LogP contribution in [0, 0.1) is 16.7 Å². The fourth-order valence-corrected chi connectivity index (χ4v) is 3.31. The minimum absolute atomic E-state index is 0.190. The van der Waals surface area contributed by atoms with Crippen LogP contribution in [0.25, 0.3) is 0 Å². The Morgan fingerprint density at radius 3 is 2.59 bits per heavy atom. The van der Waals surface area contributed by atoms with E-state index in [0.29, 0.717) is 17.9 Å². The number of methoxy groups -OCH3 is 1. The van der Waals surface area contributed by atoms with Crippen LogP contribution in [0.3, 0.4) is 0 Å². The van der Waals surface area contributed by atoms with Gasteiger partial charge in [-0.2, -0.15) is 5.26 Å². The lowest BCUT2D eigenvalue weighted by Gasteiger charge is -2.58. The highest BCUT2D eigenvalue weighted by molar-refractivity contribution is 5.90. The largest absolute Gasteiger partial charge is 0.493 e. The minimum atomic E-state index is -1.41. The summed E-state index contributed by atoms with van der Waals surface area (Å²) >= 11 is 0. The van der Waals surface area contributed by atoms with E-state index in [0.717, 1.165) is 0 Å². The van der Waals surface area contributed by atoms with Crippen LogP contribution in [0.5, 0.6) is 11.5 Å². The number of nitrogens with zero attached hydrogens (tertiary/aromatic N) is 1. The molecule has 1 aromatic carbocycles. The Balaban J connectivity index is 2.07. The minimum Gasteiger partial charge on any atom is -0.493 e. The molecule has 146 valence electrons. The van der Waals surface area contributed by atoms with E-state index in [9.17, 15) is 14.7 Å². The van der Waals surface area contributed by atoms with Gasteiger partial charge in [-0.1, -0.05) is 13.8 Å². The second-order valence-corrected chi connectivity index (χ2v) is 6.89. The number of hydrogen-bond donors (Lipinski definition) is 2. The topological polar surface area (TPSA) is 118 Å². The number of amides is 1. The SMILES string of the molecule is CCOC1CC(NC(=O)COc2ccc(C#N)cc2OC)(C(=O)O)C1(C)C. The van der Waals surface area contributed by atoms with Crippen molar-refractivity contribution in [2.24, 2.45) is 5.41 Å². The van der Waals surface area contributed by atoms with E-state index in [1.807, 2.05) is 13.0 Å². The predicted octanol–water partition coefficient (Wildman–Crippen LogP) is 1.72. The van der Waals surface area contributed by atoms with Crippen LogP contribution in [-0.4, -0.2) is 48.9 Å². The highest BCUT2D eigenvalue weighted by Gasteiger charge is 2.66. The molecule has 8 nitrogen and oxygen atoms in total. The molecule has 0 radical (unpaired) electrons. The van der Waals surface area contributed by atoms with Gasteiger partial charge in [0.25, 0.3) is 5.91 Å². The van der Waals surface area contributed by atoms with Gasteiger partial charge in [-0.3, -0.25) is 4.79 Å². The molecule has 0 bridgehead atoms. The van der Waals surface area contributed by atoms with Crippen molar-refractivity contribution in [3.05, 3.63) is 23.8 Å². The summed E-state index contributed by atoms with van der Waals surface area (Å²) < 4.78 is 16.2. The van der Waals surface area contributed by atoms with Gasteiger partial charge >= 0.3 is 5.97 Å². The maximum atomic E-state index is 12.4. The molecule has 1 aliphatic carbocycles. The summed E-state index contributed by atoms with van der Waals surface area (Å²) in [7, 11) is 1.42. The molecule has 0 spiro atoms. The normalized spacial score (nSPS) is 22.9.